The van der Waals surface area contributed by atoms with Crippen LogP contribution >= 0.6 is 0 Å². The number of aromatic nitrogens is 2. The van der Waals surface area contributed by atoms with E-state index in [0.29, 0.717) is 25.4 Å². The first-order valence-corrected chi connectivity index (χ1v) is 10.9. The molecule has 2 aliphatic heterocycles. The smallest absolute Gasteiger partial charge is 0.244 e. The fourth-order valence-corrected chi connectivity index (χ4v) is 5.54. The Morgan fingerprint density at radius 1 is 1.26 bits per heavy atom. The van der Waals surface area contributed by atoms with Gasteiger partial charge in [-0.25, -0.2) is 13.1 Å². The highest BCUT2D eigenvalue weighted by Gasteiger charge is 2.39. The number of sulfonamides is 1. The lowest BCUT2D eigenvalue weighted by atomic mass is 10.1. The summed E-state index contributed by atoms with van der Waals surface area (Å²) < 4.78 is 36.3. The maximum atomic E-state index is 12.8. The molecule has 0 saturated carbocycles. The first-order chi connectivity index (χ1) is 13.0. The molecule has 2 aliphatic rings. The number of hydrogen-bond donors (Lipinski definition) is 1. The number of ether oxygens (including phenoxy) is 1. The molecule has 3 heterocycles. The van der Waals surface area contributed by atoms with Crippen LogP contribution in [0.15, 0.2) is 41.4 Å². The zero-order valence-electron chi connectivity index (χ0n) is 15.7. The molecule has 0 amide bonds. The number of nitrogens with one attached hydrogen (secondary N) is 1. The lowest BCUT2D eigenvalue weighted by Crippen LogP contribution is -2.43. The van der Waals surface area contributed by atoms with Gasteiger partial charge in [-0.2, -0.15) is 5.10 Å². The van der Waals surface area contributed by atoms with E-state index in [0.717, 1.165) is 13.0 Å². The molecule has 1 aromatic carbocycles. The standard InChI is InChI=1S/C19H26N4O3S/c1-3-23-14(2)19(10-20-23)27(24,25)21-16-9-17-13-26-18(12-22(17)11-16)15-7-5-4-6-8-15/h4-8,10,16-18,21H,3,9,11-13H2,1-2H3/t16-,17+,18-/m1/s1. The van der Waals surface area contributed by atoms with E-state index in [-0.39, 0.29) is 23.1 Å². The number of fused-ring (bicyclic) bond motifs is 1. The molecule has 146 valence electrons. The van der Waals surface area contributed by atoms with Gasteiger partial charge in [0.15, 0.2) is 0 Å². The van der Waals surface area contributed by atoms with Crippen LogP contribution in [0.2, 0.25) is 0 Å². The van der Waals surface area contributed by atoms with Crippen LogP contribution in [-0.2, 0) is 21.3 Å². The Balaban J connectivity index is 1.43. The van der Waals surface area contributed by atoms with Crippen molar-refractivity contribution in [2.75, 3.05) is 19.7 Å². The maximum absolute atomic E-state index is 12.8. The van der Waals surface area contributed by atoms with E-state index in [1.807, 2.05) is 25.1 Å². The minimum atomic E-state index is -3.57. The maximum Gasteiger partial charge on any atom is 0.244 e. The highest BCUT2D eigenvalue weighted by molar-refractivity contribution is 7.89. The molecule has 8 heteroatoms. The second kappa shape index (κ2) is 7.35. The van der Waals surface area contributed by atoms with Crippen LogP contribution in [0.3, 0.4) is 0 Å². The van der Waals surface area contributed by atoms with Gasteiger partial charge < -0.3 is 4.74 Å². The summed E-state index contributed by atoms with van der Waals surface area (Å²) in [5, 5.41) is 4.16. The molecule has 1 aromatic heterocycles. The molecule has 2 fully saturated rings. The van der Waals surface area contributed by atoms with Gasteiger partial charge in [-0.3, -0.25) is 9.58 Å². The molecule has 0 bridgehead atoms. The Kier molecular flexibility index (Phi) is 5.07. The molecule has 1 N–H and O–H groups in total. The van der Waals surface area contributed by atoms with Crippen LogP contribution < -0.4 is 4.72 Å². The van der Waals surface area contributed by atoms with Crippen molar-refractivity contribution in [1.29, 1.82) is 0 Å². The first kappa shape index (κ1) is 18.6. The van der Waals surface area contributed by atoms with Gasteiger partial charge >= 0.3 is 0 Å². The third kappa shape index (κ3) is 3.67. The van der Waals surface area contributed by atoms with Crippen molar-refractivity contribution < 1.29 is 13.2 Å². The van der Waals surface area contributed by atoms with Crippen molar-refractivity contribution in [1.82, 2.24) is 19.4 Å². The van der Waals surface area contributed by atoms with Crippen molar-refractivity contribution >= 4 is 10.0 Å². The second-order valence-corrected chi connectivity index (χ2v) is 8.99. The Labute approximate surface area is 160 Å². The number of benzene rings is 1. The number of hydrogen-bond acceptors (Lipinski definition) is 5. The molecule has 0 spiro atoms. The van der Waals surface area contributed by atoms with Gasteiger partial charge in [0.2, 0.25) is 10.0 Å². The molecular formula is C19H26N4O3S. The van der Waals surface area contributed by atoms with Gasteiger partial charge in [0.25, 0.3) is 0 Å². The van der Waals surface area contributed by atoms with E-state index in [1.54, 1.807) is 11.6 Å². The largest absolute Gasteiger partial charge is 0.371 e. The number of morpholine rings is 1. The summed E-state index contributed by atoms with van der Waals surface area (Å²) in [5.41, 5.74) is 1.84. The topological polar surface area (TPSA) is 76.5 Å². The predicted molar refractivity (Wildman–Crippen MR) is 102 cm³/mol. The van der Waals surface area contributed by atoms with Crippen LogP contribution in [0.5, 0.6) is 0 Å². The van der Waals surface area contributed by atoms with Crippen LogP contribution in [0.1, 0.15) is 30.7 Å². The normalized spacial score (nSPS) is 26.2. The lowest BCUT2D eigenvalue weighted by Gasteiger charge is -2.35. The van der Waals surface area contributed by atoms with E-state index in [2.05, 4.69) is 26.9 Å². The lowest BCUT2D eigenvalue weighted by molar-refractivity contribution is -0.0502. The second-order valence-electron chi connectivity index (χ2n) is 7.30. The average molecular weight is 391 g/mol. The van der Waals surface area contributed by atoms with Crippen LogP contribution in [0.25, 0.3) is 0 Å². The first-order valence-electron chi connectivity index (χ1n) is 9.43. The minimum absolute atomic E-state index is 0.0443. The molecule has 0 radical (unpaired) electrons. The van der Waals surface area contributed by atoms with E-state index in [1.165, 1.54) is 11.8 Å². The van der Waals surface area contributed by atoms with Crippen molar-refractivity contribution in [3.8, 4) is 0 Å². The highest BCUT2D eigenvalue weighted by atomic mass is 32.2. The molecule has 7 nitrogen and oxygen atoms in total. The van der Waals surface area contributed by atoms with Gasteiger partial charge in [0.1, 0.15) is 4.90 Å². The summed E-state index contributed by atoms with van der Waals surface area (Å²) in [6, 6.07) is 10.3. The third-order valence-electron chi connectivity index (χ3n) is 5.56. The van der Waals surface area contributed by atoms with E-state index in [4.69, 9.17) is 4.74 Å². The number of aryl methyl sites for hydroxylation is 1. The molecule has 2 aromatic rings. The fraction of sp³-hybridized carbons (Fsp3) is 0.526. The summed E-state index contributed by atoms with van der Waals surface area (Å²) >= 11 is 0. The van der Waals surface area contributed by atoms with Crippen molar-refractivity contribution in [2.45, 2.75) is 49.9 Å². The third-order valence-corrected chi connectivity index (χ3v) is 7.18. The molecule has 0 unspecified atom stereocenters. The summed E-state index contributed by atoms with van der Waals surface area (Å²) in [4.78, 5) is 2.61. The molecule has 3 atom stereocenters. The van der Waals surface area contributed by atoms with Gasteiger partial charge in [-0.1, -0.05) is 30.3 Å². The van der Waals surface area contributed by atoms with E-state index >= 15 is 0 Å². The Bertz CT molecular complexity index is 897. The van der Waals surface area contributed by atoms with Crippen LogP contribution in [-0.4, -0.2) is 54.9 Å². The van der Waals surface area contributed by atoms with Crippen molar-refractivity contribution in [2.24, 2.45) is 0 Å². The van der Waals surface area contributed by atoms with E-state index < -0.39 is 10.0 Å². The summed E-state index contributed by atoms with van der Waals surface area (Å²) in [6.07, 6.45) is 2.25. The zero-order valence-corrected chi connectivity index (χ0v) is 16.5. The van der Waals surface area contributed by atoms with Gasteiger partial charge in [0, 0.05) is 31.7 Å². The van der Waals surface area contributed by atoms with Gasteiger partial charge in [0.05, 0.1) is 24.6 Å². The molecule has 27 heavy (non-hydrogen) atoms. The quantitative estimate of drug-likeness (QED) is 0.841. The fourth-order valence-electron chi connectivity index (χ4n) is 4.12. The Morgan fingerprint density at radius 3 is 2.74 bits per heavy atom. The molecule has 4 rings (SSSR count). The molecular weight excluding hydrogens is 364 g/mol. The van der Waals surface area contributed by atoms with Crippen molar-refractivity contribution in [3.63, 3.8) is 0 Å². The zero-order chi connectivity index (χ0) is 19.0. The number of rotatable bonds is 5. The minimum Gasteiger partial charge on any atom is -0.371 e. The highest BCUT2D eigenvalue weighted by Crippen LogP contribution is 2.30. The monoisotopic (exact) mass is 390 g/mol. The summed E-state index contributed by atoms with van der Waals surface area (Å²) in [7, 11) is -3.57. The van der Waals surface area contributed by atoms with E-state index in [9.17, 15) is 8.42 Å². The summed E-state index contributed by atoms with van der Waals surface area (Å²) in [5.74, 6) is 0. The molecule has 2 saturated heterocycles. The van der Waals surface area contributed by atoms with Gasteiger partial charge in [-0.15, -0.1) is 0 Å². The van der Waals surface area contributed by atoms with Crippen LogP contribution in [0.4, 0.5) is 0 Å². The molecule has 0 aliphatic carbocycles. The summed E-state index contributed by atoms with van der Waals surface area (Å²) in [6.45, 7) is 6.52. The number of nitrogens with zero attached hydrogens (tertiary/aromatic N) is 3. The predicted octanol–water partition coefficient (Wildman–Crippen LogP) is 1.70. The van der Waals surface area contributed by atoms with Crippen molar-refractivity contribution in [3.05, 3.63) is 47.8 Å². The Morgan fingerprint density at radius 2 is 2.04 bits per heavy atom. The van der Waals surface area contributed by atoms with Crippen LogP contribution in [0, 0.1) is 6.92 Å². The average Bonchev–Trinajstić information content (AvgIpc) is 3.23. The SMILES string of the molecule is CCn1ncc(S(=O)(=O)N[C@@H]2C[C@H]3CO[C@@H](c4ccccc4)CN3C2)c1C. The van der Waals surface area contributed by atoms with Gasteiger partial charge in [-0.05, 0) is 25.8 Å². The Hall–Kier alpha value is -1.74.